The quantitative estimate of drug-likeness (QED) is 0.882. The maximum absolute atomic E-state index is 12.6. The molecule has 1 fully saturated rings. The van der Waals surface area contributed by atoms with E-state index in [9.17, 15) is 9.59 Å². The number of likely N-dealkylation sites (tertiary alicyclic amines) is 1. The summed E-state index contributed by atoms with van der Waals surface area (Å²) in [4.78, 5) is 31.4. The molecule has 0 saturated carbocycles. The summed E-state index contributed by atoms with van der Waals surface area (Å²) in [7, 11) is 0. The third kappa shape index (κ3) is 4.06. The summed E-state index contributed by atoms with van der Waals surface area (Å²) in [6, 6.07) is 6.23. The fourth-order valence-corrected chi connectivity index (χ4v) is 4.20. The summed E-state index contributed by atoms with van der Waals surface area (Å²) in [5.74, 6) is 0.120. The Morgan fingerprint density at radius 1 is 1.27 bits per heavy atom. The van der Waals surface area contributed by atoms with Crippen molar-refractivity contribution in [3.8, 4) is 0 Å². The largest absolute Gasteiger partial charge is 0.342 e. The van der Waals surface area contributed by atoms with Crippen LogP contribution in [0.3, 0.4) is 0 Å². The smallest absolute Gasteiger partial charge is 0.229 e. The third-order valence-electron chi connectivity index (χ3n) is 4.89. The van der Waals surface area contributed by atoms with Crippen LogP contribution in [0.25, 0.3) is 10.2 Å². The molecule has 0 radical (unpaired) electrons. The average molecular weight is 374 g/mol. The van der Waals surface area contributed by atoms with Gasteiger partial charge in [0.25, 0.3) is 0 Å². The van der Waals surface area contributed by atoms with Crippen molar-refractivity contribution in [2.75, 3.05) is 18.4 Å². The number of rotatable bonds is 3. The number of amides is 2. The number of fused-ring (bicyclic) bond motifs is 1. The fraction of sp³-hybridized carbons (Fsp3) is 0.550. The Balaban J connectivity index is 1.60. The lowest BCUT2D eigenvalue weighted by Crippen LogP contribution is -2.45. The van der Waals surface area contributed by atoms with Crippen LogP contribution in [0, 0.1) is 11.3 Å². The van der Waals surface area contributed by atoms with Gasteiger partial charge >= 0.3 is 0 Å². The van der Waals surface area contributed by atoms with Gasteiger partial charge in [0, 0.05) is 24.4 Å². The second-order valence-corrected chi connectivity index (χ2v) is 9.01. The molecule has 6 heteroatoms. The zero-order chi connectivity index (χ0) is 18.9. The number of piperidine rings is 1. The van der Waals surface area contributed by atoms with Gasteiger partial charge in [-0.3, -0.25) is 9.59 Å². The Bertz CT molecular complexity index is 814. The normalized spacial score (nSPS) is 16.1. The topological polar surface area (TPSA) is 62.3 Å². The van der Waals surface area contributed by atoms with Crippen molar-refractivity contribution in [3.05, 3.63) is 23.8 Å². The van der Waals surface area contributed by atoms with Crippen molar-refractivity contribution in [2.45, 2.75) is 47.0 Å². The zero-order valence-corrected chi connectivity index (χ0v) is 16.8. The van der Waals surface area contributed by atoms with Crippen LogP contribution in [0.1, 0.15) is 46.1 Å². The second-order valence-electron chi connectivity index (χ2n) is 7.98. The van der Waals surface area contributed by atoms with E-state index in [1.54, 1.807) is 0 Å². The molecule has 0 spiro atoms. The summed E-state index contributed by atoms with van der Waals surface area (Å²) in [5.41, 5.74) is 1.83. The van der Waals surface area contributed by atoms with Crippen molar-refractivity contribution in [1.29, 1.82) is 0 Å². The Labute approximate surface area is 158 Å². The standard InChI is InChI=1S/C20H27N3O2S/c1-5-13-6-7-15-16(12-13)26-19(21-15)22-17(24)14-8-10-23(11-9-14)18(25)20(2,3)4/h6-7,12,14H,5,8-11H2,1-4H3,(H,21,22,24). The number of carbonyl (C=O) groups is 2. The van der Waals surface area contributed by atoms with Crippen molar-refractivity contribution in [2.24, 2.45) is 11.3 Å². The maximum atomic E-state index is 12.6. The van der Waals surface area contributed by atoms with Crippen molar-refractivity contribution in [3.63, 3.8) is 0 Å². The van der Waals surface area contributed by atoms with Gasteiger partial charge in [-0.05, 0) is 37.0 Å². The Morgan fingerprint density at radius 2 is 1.96 bits per heavy atom. The number of nitrogens with one attached hydrogen (secondary N) is 1. The van der Waals surface area contributed by atoms with E-state index in [2.05, 4.69) is 29.4 Å². The van der Waals surface area contributed by atoms with Crippen LogP contribution in [-0.2, 0) is 16.0 Å². The highest BCUT2D eigenvalue weighted by Gasteiger charge is 2.32. The minimum absolute atomic E-state index is 0.0163. The predicted octanol–water partition coefficient (Wildman–Crippen LogP) is 4.08. The summed E-state index contributed by atoms with van der Waals surface area (Å²) >= 11 is 1.52. The number of nitrogens with zero attached hydrogens (tertiary/aromatic N) is 2. The number of benzene rings is 1. The minimum Gasteiger partial charge on any atom is -0.342 e. The first kappa shape index (κ1) is 18.8. The molecule has 2 heterocycles. The highest BCUT2D eigenvalue weighted by molar-refractivity contribution is 7.22. The SMILES string of the molecule is CCc1ccc2nc(NC(=O)C3CCN(C(=O)C(C)(C)C)CC3)sc2c1. The molecule has 0 aliphatic carbocycles. The molecule has 0 atom stereocenters. The Morgan fingerprint density at radius 3 is 2.58 bits per heavy atom. The van der Waals surface area contributed by atoms with E-state index < -0.39 is 0 Å². The van der Waals surface area contributed by atoms with Crippen LogP contribution < -0.4 is 5.32 Å². The molecule has 0 bridgehead atoms. The first-order valence-corrected chi connectivity index (χ1v) is 10.1. The second kappa shape index (κ2) is 7.35. The van der Waals surface area contributed by atoms with Crippen LogP contribution >= 0.6 is 11.3 Å². The molecule has 2 aromatic rings. The molecule has 1 aliphatic heterocycles. The molecule has 5 nitrogen and oxygen atoms in total. The lowest BCUT2D eigenvalue weighted by molar-refractivity contribution is -0.142. The Kier molecular flexibility index (Phi) is 5.32. The number of anilines is 1. The van der Waals surface area contributed by atoms with E-state index >= 15 is 0 Å². The van der Waals surface area contributed by atoms with E-state index in [1.165, 1.54) is 16.9 Å². The molecular weight excluding hydrogens is 346 g/mol. The molecule has 2 amide bonds. The number of carbonyl (C=O) groups excluding carboxylic acids is 2. The fourth-order valence-electron chi connectivity index (χ4n) is 3.27. The summed E-state index contributed by atoms with van der Waals surface area (Å²) in [6.45, 7) is 9.23. The monoisotopic (exact) mass is 373 g/mol. The zero-order valence-electron chi connectivity index (χ0n) is 16.0. The van der Waals surface area contributed by atoms with Gasteiger partial charge in [-0.25, -0.2) is 4.98 Å². The van der Waals surface area contributed by atoms with Crippen LogP contribution in [0.15, 0.2) is 18.2 Å². The molecule has 1 aliphatic rings. The van der Waals surface area contributed by atoms with Crippen molar-refractivity contribution >= 4 is 38.5 Å². The molecule has 140 valence electrons. The molecule has 1 aromatic heterocycles. The predicted molar refractivity (Wildman–Crippen MR) is 106 cm³/mol. The summed E-state index contributed by atoms with van der Waals surface area (Å²) in [5, 5.41) is 3.64. The third-order valence-corrected chi connectivity index (χ3v) is 5.82. The van der Waals surface area contributed by atoms with Gasteiger partial charge in [0.1, 0.15) is 0 Å². The van der Waals surface area contributed by atoms with Crippen LogP contribution in [0.2, 0.25) is 0 Å². The van der Waals surface area contributed by atoms with E-state index in [1.807, 2.05) is 31.7 Å². The minimum atomic E-state index is -0.368. The molecule has 1 saturated heterocycles. The maximum Gasteiger partial charge on any atom is 0.229 e. The van der Waals surface area contributed by atoms with Crippen LogP contribution in [0.5, 0.6) is 0 Å². The average Bonchev–Trinajstić information content (AvgIpc) is 3.01. The van der Waals surface area contributed by atoms with Crippen LogP contribution in [-0.4, -0.2) is 34.8 Å². The number of aromatic nitrogens is 1. The van der Waals surface area contributed by atoms with Gasteiger partial charge in [-0.2, -0.15) is 0 Å². The number of hydrogen-bond donors (Lipinski definition) is 1. The molecular formula is C20H27N3O2S. The van der Waals surface area contributed by atoms with Gasteiger partial charge in [0.15, 0.2) is 5.13 Å². The summed E-state index contributed by atoms with van der Waals surface area (Å²) < 4.78 is 1.10. The first-order chi connectivity index (χ1) is 12.3. The lowest BCUT2D eigenvalue weighted by Gasteiger charge is -2.35. The summed E-state index contributed by atoms with van der Waals surface area (Å²) in [6.07, 6.45) is 2.40. The van der Waals surface area contributed by atoms with E-state index in [0.29, 0.717) is 31.1 Å². The number of aryl methyl sites for hydroxylation is 1. The molecule has 0 unspecified atom stereocenters. The van der Waals surface area contributed by atoms with Crippen LogP contribution in [0.4, 0.5) is 5.13 Å². The molecule has 1 aromatic carbocycles. The highest BCUT2D eigenvalue weighted by atomic mass is 32.1. The number of thiazole rings is 1. The van der Waals surface area contributed by atoms with E-state index in [-0.39, 0.29) is 23.1 Å². The first-order valence-electron chi connectivity index (χ1n) is 9.27. The van der Waals surface area contributed by atoms with Gasteiger partial charge in [-0.15, -0.1) is 0 Å². The van der Waals surface area contributed by atoms with Crippen molar-refractivity contribution in [1.82, 2.24) is 9.88 Å². The van der Waals surface area contributed by atoms with Gasteiger partial charge in [0.05, 0.1) is 10.2 Å². The Hall–Kier alpha value is -1.95. The van der Waals surface area contributed by atoms with E-state index in [0.717, 1.165) is 16.6 Å². The molecule has 1 N–H and O–H groups in total. The van der Waals surface area contributed by atoms with Crippen molar-refractivity contribution < 1.29 is 9.59 Å². The highest BCUT2D eigenvalue weighted by Crippen LogP contribution is 2.29. The number of hydrogen-bond acceptors (Lipinski definition) is 4. The van der Waals surface area contributed by atoms with Gasteiger partial charge in [-0.1, -0.05) is 45.1 Å². The van der Waals surface area contributed by atoms with Gasteiger partial charge < -0.3 is 10.2 Å². The van der Waals surface area contributed by atoms with E-state index in [4.69, 9.17) is 0 Å². The van der Waals surface area contributed by atoms with Gasteiger partial charge in [0.2, 0.25) is 11.8 Å². The molecule has 26 heavy (non-hydrogen) atoms. The molecule has 3 rings (SSSR count). The lowest BCUT2D eigenvalue weighted by atomic mass is 9.91.